The molecule has 2 aromatic carbocycles. The lowest BCUT2D eigenvalue weighted by atomic mass is 10.1. The number of carbonyl (C=O) groups excluding carboxylic acids is 1. The van der Waals surface area contributed by atoms with Crippen LogP contribution in [0.3, 0.4) is 0 Å². The molecule has 2 rings (SSSR count). The van der Waals surface area contributed by atoms with E-state index in [9.17, 15) is 25.0 Å². The summed E-state index contributed by atoms with van der Waals surface area (Å²) in [4.78, 5) is 31.5. The summed E-state index contributed by atoms with van der Waals surface area (Å²) in [6, 6.07) is 10.0. The third-order valence-corrected chi connectivity index (χ3v) is 3.04. The lowest BCUT2D eigenvalue weighted by Crippen LogP contribution is -2.02. The van der Waals surface area contributed by atoms with Gasteiger partial charge in [0.15, 0.2) is 0 Å². The molecule has 2 aromatic rings. The van der Waals surface area contributed by atoms with E-state index in [-0.39, 0.29) is 16.9 Å². The summed E-state index contributed by atoms with van der Waals surface area (Å²) in [5.41, 5.74) is -0.00633. The van der Waals surface area contributed by atoms with Crippen molar-refractivity contribution in [3.63, 3.8) is 0 Å². The van der Waals surface area contributed by atoms with Gasteiger partial charge in [-0.2, -0.15) is 0 Å². The van der Waals surface area contributed by atoms with Crippen molar-refractivity contribution in [3.8, 4) is 5.75 Å². The van der Waals surface area contributed by atoms with Gasteiger partial charge in [-0.05, 0) is 18.2 Å². The van der Waals surface area contributed by atoms with Crippen LogP contribution in [0.1, 0.15) is 18.1 Å². The lowest BCUT2D eigenvalue weighted by molar-refractivity contribution is -0.394. The third-order valence-electron chi connectivity index (χ3n) is 3.04. The molecule has 0 N–H and O–H groups in total. The normalized spacial score (nSPS) is 10.5. The Kier molecular flexibility index (Phi) is 5.00. The van der Waals surface area contributed by atoms with Crippen LogP contribution in [-0.4, -0.2) is 15.8 Å². The Morgan fingerprint density at radius 1 is 1.00 bits per heavy atom. The maximum absolute atomic E-state index is 11.1. The highest BCUT2D eigenvalue weighted by atomic mass is 16.6. The minimum absolute atomic E-state index is 0.197. The first-order valence-electron chi connectivity index (χ1n) is 6.77. The Balaban J connectivity index is 2.41. The van der Waals surface area contributed by atoms with E-state index in [0.717, 1.165) is 6.07 Å². The molecule has 0 aliphatic rings. The zero-order valence-electron chi connectivity index (χ0n) is 12.5. The van der Waals surface area contributed by atoms with Crippen LogP contribution in [0.4, 0.5) is 11.4 Å². The molecular formula is C16H12N2O6. The number of nitrogens with zero attached hydrogens (tertiary/aromatic N) is 2. The largest absolute Gasteiger partial charge is 0.426 e. The summed E-state index contributed by atoms with van der Waals surface area (Å²) in [5, 5.41) is 21.8. The predicted molar refractivity (Wildman–Crippen MR) is 86.4 cm³/mol. The molecule has 8 nitrogen and oxygen atoms in total. The molecule has 122 valence electrons. The molecule has 0 aliphatic heterocycles. The standard InChI is InChI=1S/C16H12N2O6/c1-11(19)24-16-5-3-2-4-13(16)7-6-12-8-9-14(17(20)21)10-15(12)18(22)23/h2-10H,1H3/b7-6+. The van der Waals surface area contributed by atoms with Gasteiger partial charge >= 0.3 is 5.97 Å². The number of para-hydroxylation sites is 1. The fraction of sp³-hybridized carbons (Fsp3) is 0.0625. The van der Waals surface area contributed by atoms with Crippen molar-refractivity contribution in [2.45, 2.75) is 6.92 Å². The first-order valence-corrected chi connectivity index (χ1v) is 6.77. The van der Waals surface area contributed by atoms with Crippen molar-refractivity contribution in [2.24, 2.45) is 0 Å². The highest BCUT2D eigenvalue weighted by Crippen LogP contribution is 2.27. The molecule has 0 fully saturated rings. The molecule has 0 aliphatic carbocycles. The van der Waals surface area contributed by atoms with Crippen molar-refractivity contribution in [2.75, 3.05) is 0 Å². The molecule has 0 saturated carbocycles. The monoisotopic (exact) mass is 328 g/mol. The number of non-ortho nitro benzene ring substituents is 1. The maximum atomic E-state index is 11.1. The Hall–Kier alpha value is -3.55. The fourth-order valence-corrected chi connectivity index (χ4v) is 1.99. The van der Waals surface area contributed by atoms with Gasteiger partial charge in [0.1, 0.15) is 5.75 Å². The number of benzene rings is 2. The smallest absolute Gasteiger partial charge is 0.308 e. The van der Waals surface area contributed by atoms with E-state index in [1.807, 2.05) is 0 Å². The number of carbonyl (C=O) groups is 1. The van der Waals surface area contributed by atoms with Crippen LogP contribution in [0.25, 0.3) is 12.2 Å². The van der Waals surface area contributed by atoms with Crippen molar-refractivity contribution >= 4 is 29.5 Å². The van der Waals surface area contributed by atoms with Gasteiger partial charge in [-0.1, -0.05) is 24.3 Å². The molecule has 0 spiro atoms. The number of nitro groups is 2. The molecule has 0 bridgehead atoms. The second-order valence-electron chi connectivity index (χ2n) is 4.72. The molecule has 0 saturated heterocycles. The zero-order chi connectivity index (χ0) is 17.7. The number of ether oxygens (including phenoxy) is 1. The first-order chi connectivity index (χ1) is 11.4. The van der Waals surface area contributed by atoms with Gasteiger partial charge in [0, 0.05) is 18.6 Å². The SMILES string of the molecule is CC(=O)Oc1ccccc1/C=C/c1ccc([N+](=O)[O-])cc1[N+](=O)[O-]. The molecule has 0 aromatic heterocycles. The number of hydrogen-bond acceptors (Lipinski definition) is 6. The van der Waals surface area contributed by atoms with Gasteiger partial charge < -0.3 is 4.74 Å². The minimum Gasteiger partial charge on any atom is -0.426 e. The van der Waals surface area contributed by atoms with Crippen molar-refractivity contribution < 1.29 is 19.4 Å². The minimum atomic E-state index is -0.698. The lowest BCUT2D eigenvalue weighted by Gasteiger charge is -2.05. The number of hydrogen-bond donors (Lipinski definition) is 0. The van der Waals surface area contributed by atoms with Crippen molar-refractivity contribution in [1.29, 1.82) is 0 Å². The summed E-state index contributed by atoms with van der Waals surface area (Å²) < 4.78 is 5.05. The van der Waals surface area contributed by atoms with Gasteiger partial charge in [0.05, 0.1) is 21.5 Å². The van der Waals surface area contributed by atoms with Crippen LogP contribution in [0.15, 0.2) is 42.5 Å². The van der Waals surface area contributed by atoms with Crippen molar-refractivity contribution in [3.05, 3.63) is 73.8 Å². The highest BCUT2D eigenvalue weighted by molar-refractivity contribution is 5.78. The van der Waals surface area contributed by atoms with Crippen LogP contribution < -0.4 is 4.74 Å². The quantitative estimate of drug-likeness (QED) is 0.272. The van der Waals surface area contributed by atoms with Crippen LogP contribution in [0.5, 0.6) is 5.75 Å². The number of nitro benzene ring substituents is 2. The maximum Gasteiger partial charge on any atom is 0.308 e. The summed E-state index contributed by atoms with van der Waals surface area (Å²) in [5.74, 6) is -0.178. The van der Waals surface area contributed by atoms with Crippen LogP contribution in [0, 0.1) is 20.2 Å². The second kappa shape index (κ2) is 7.14. The highest BCUT2D eigenvalue weighted by Gasteiger charge is 2.17. The summed E-state index contributed by atoms with van der Waals surface area (Å²) >= 11 is 0. The van der Waals surface area contributed by atoms with E-state index in [1.165, 1.54) is 31.2 Å². The van der Waals surface area contributed by atoms with Gasteiger partial charge in [-0.3, -0.25) is 25.0 Å². The molecule has 0 unspecified atom stereocenters. The average molecular weight is 328 g/mol. The van der Waals surface area contributed by atoms with Gasteiger partial charge in [-0.15, -0.1) is 0 Å². The Labute approximate surface area is 136 Å². The average Bonchev–Trinajstić information content (AvgIpc) is 2.53. The van der Waals surface area contributed by atoms with Crippen LogP contribution >= 0.6 is 0 Å². The third kappa shape index (κ3) is 4.01. The fourth-order valence-electron chi connectivity index (χ4n) is 1.99. The molecule has 8 heteroatoms. The Bertz CT molecular complexity index is 844. The zero-order valence-corrected chi connectivity index (χ0v) is 12.5. The predicted octanol–water partition coefficient (Wildman–Crippen LogP) is 3.60. The van der Waals surface area contributed by atoms with E-state index in [4.69, 9.17) is 4.74 Å². The summed E-state index contributed by atoms with van der Waals surface area (Å²) in [6.07, 6.45) is 2.97. The second-order valence-corrected chi connectivity index (χ2v) is 4.72. The first kappa shape index (κ1) is 16.8. The van der Waals surface area contributed by atoms with Gasteiger partial charge in [0.2, 0.25) is 0 Å². The number of rotatable bonds is 5. The van der Waals surface area contributed by atoms with Crippen LogP contribution in [-0.2, 0) is 4.79 Å². The van der Waals surface area contributed by atoms with Gasteiger partial charge in [0.25, 0.3) is 11.4 Å². The van der Waals surface area contributed by atoms with Crippen LogP contribution in [0.2, 0.25) is 0 Å². The Morgan fingerprint density at radius 3 is 2.29 bits per heavy atom. The van der Waals surface area contributed by atoms with E-state index in [1.54, 1.807) is 24.3 Å². The molecule has 0 amide bonds. The molecule has 24 heavy (non-hydrogen) atoms. The summed E-state index contributed by atoms with van der Waals surface area (Å²) in [6.45, 7) is 1.27. The van der Waals surface area contributed by atoms with Gasteiger partial charge in [-0.25, -0.2) is 0 Å². The molecule has 0 radical (unpaired) electrons. The van der Waals surface area contributed by atoms with E-state index < -0.39 is 15.8 Å². The molecular weight excluding hydrogens is 316 g/mol. The number of esters is 1. The molecule has 0 heterocycles. The van der Waals surface area contributed by atoms with E-state index >= 15 is 0 Å². The van der Waals surface area contributed by atoms with E-state index in [2.05, 4.69) is 0 Å². The van der Waals surface area contributed by atoms with E-state index in [0.29, 0.717) is 11.3 Å². The summed E-state index contributed by atoms with van der Waals surface area (Å²) in [7, 11) is 0. The Morgan fingerprint density at radius 2 is 1.67 bits per heavy atom. The topological polar surface area (TPSA) is 113 Å². The molecule has 0 atom stereocenters. The van der Waals surface area contributed by atoms with Crippen molar-refractivity contribution in [1.82, 2.24) is 0 Å².